The Kier molecular flexibility index (Phi) is 7.10. The molecule has 1 aromatic carbocycles. The van der Waals surface area contributed by atoms with Crippen LogP contribution in [0.1, 0.15) is 18.2 Å². The zero-order valence-electron chi connectivity index (χ0n) is 16.7. The molecule has 0 radical (unpaired) electrons. The van der Waals surface area contributed by atoms with Crippen molar-refractivity contribution in [2.75, 3.05) is 39.8 Å². The van der Waals surface area contributed by atoms with Crippen molar-refractivity contribution in [2.24, 2.45) is 4.99 Å². The van der Waals surface area contributed by atoms with Gasteiger partial charge in [0, 0.05) is 44.4 Å². The largest absolute Gasteiger partial charge is 0.496 e. The molecule has 1 fully saturated rings. The maximum absolute atomic E-state index is 12.6. The molecular formula is C19H27N5O4S. The lowest BCUT2D eigenvalue weighted by Crippen LogP contribution is -2.53. The number of rotatable bonds is 7. The molecule has 1 N–H and O–H groups in total. The van der Waals surface area contributed by atoms with Crippen LogP contribution in [0, 0.1) is 0 Å². The summed E-state index contributed by atoms with van der Waals surface area (Å²) in [5, 5.41) is 7.00. The number of piperazine rings is 1. The van der Waals surface area contributed by atoms with Gasteiger partial charge in [-0.2, -0.15) is 4.31 Å². The molecule has 1 saturated heterocycles. The lowest BCUT2D eigenvalue weighted by molar-refractivity contribution is 0.259. The van der Waals surface area contributed by atoms with Crippen LogP contribution in [0.2, 0.25) is 0 Å². The summed E-state index contributed by atoms with van der Waals surface area (Å²) in [4.78, 5) is 6.81. The fraction of sp³-hybridized carbons (Fsp3) is 0.474. The van der Waals surface area contributed by atoms with E-state index in [2.05, 4.69) is 15.4 Å². The fourth-order valence-electron chi connectivity index (χ4n) is 3.19. The average Bonchev–Trinajstić information content (AvgIpc) is 3.23. The van der Waals surface area contributed by atoms with E-state index in [0.29, 0.717) is 38.4 Å². The Balaban J connectivity index is 1.63. The summed E-state index contributed by atoms with van der Waals surface area (Å²) in [6.45, 7) is 5.16. The van der Waals surface area contributed by atoms with Crippen LogP contribution in [-0.4, -0.2) is 68.6 Å². The van der Waals surface area contributed by atoms with Crippen LogP contribution < -0.4 is 10.1 Å². The minimum absolute atomic E-state index is 0.147. The fourth-order valence-corrected chi connectivity index (χ4v) is 4.61. The summed E-state index contributed by atoms with van der Waals surface area (Å²) in [5.41, 5.74) is 1.42. The Bertz CT molecular complexity index is 906. The number of methoxy groups -OCH3 is 1. The summed E-state index contributed by atoms with van der Waals surface area (Å²) in [6.07, 6.45) is 1.38. The molecule has 3 rings (SSSR count). The second kappa shape index (κ2) is 9.75. The second-order valence-electron chi connectivity index (χ2n) is 6.62. The molecule has 1 aromatic heterocycles. The number of nitrogens with one attached hydrogen (secondary N) is 1. The van der Waals surface area contributed by atoms with Gasteiger partial charge >= 0.3 is 0 Å². The lowest BCUT2D eigenvalue weighted by Gasteiger charge is -2.35. The third kappa shape index (κ3) is 5.48. The molecule has 0 aliphatic carbocycles. The lowest BCUT2D eigenvalue weighted by atomic mass is 10.2. The van der Waals surface area contributed by atoms with Gasteiger partial charge in [0.25, 0.3) is 0 Å². The molecule has 0 bridgehead atoms. The van der Waals surface area contributed by atoms with Crippen LogP contribution in [0.25, 0.3) is 0 Å². The molecule has 0 atom stereocenters. The number of guanidine groups is 1. The van der Waals surface area contributed by atoms with Crippen LogP contribution >= 0.6 is 0 Å². The van der Waals surface area contributed by atoms with Crippen molar-refractivity contribution < 1.29 is 17.7 Å². The number of sulfonamides is 1. The number of aliphatic imine (C=N–C) groups is 1. The SMILES string of the molecule is CCNC(=NCc1ccccc1OC)N1CCN(S(=O)(=O)Cc2ccon2)CC1. The molecule has 0 spiro atoms. The Hall–Kier alpha value is -2.59. The molecule has 0 unspecified atom stereocenters. The van der Waals surface area contributed by atoms with Gasteiger partial charge in [-0.1, -0.05) is 23.4 Å². The molecule has 9 nitrogen and oxygen atoms in total. The summed E-state index contributed by atoms with van der Waals surface area (Å²) < 4.78 is 36.8. The number of hydrogen-bond acceptors (Lipinski definition) is 6. The van der Waals surface area contributed by atoms with E-state index in [1.54, 1.807) is 13.2 Å². The summed E-state index contributed by atoms with van der Waals surface area (Å²) >= 11 is 0. The van der Waals surface area contributed by atoms with Crippen LogP contribution in [0.5, 0.6) is 5.75 Å². The number of nitrogens with zero attached hydrogens (tertiary/aromatic N) is 4. The maximum atomic E-state index is 12.6. The maximum Gasteiger partial charge on any atom is 0.220 e. The van der Waals surface area contributed by atoms with E-state index in [-0.39, 0.29) is 5.75 Å². The van der Waals surface area contributed by atoms with Crippen LogP contribution in [-0.2, 0) is 22.3 Å². The van der Waals surface area contributed by atoms with Crippen LogP contribution in [0.4, 0.5) is 0 Å². The van der Waals surface area contributed by atoms with E-state index in [0.717, 1.165) is 23.8 Å². The van der Waals surface area contributed by atoms with Crippen molar-refractivity contribution in [2.45, 2.75) is 19.2 Å². The molecule has 0 saturated carbocycles. The Labute approximate surface area is 171 Å². The second-order valence-corrected chi connectivity index (χ2v) is 8.58. The third-order valence-electron chi connectivity index (χ3n) is 4.68. The molecule has 1 aliphatic heterocycles. The van der Waals surface area contributed by atoms with Crippen molar-refractivity contribution in [3.63, 3.8) is 0 Å². The average molecular weight is 422 g/mol. The van der Waals surface area contributed by atoms with Crippen molar-refractivity contribution in [3.8, 4) is 5.75 Å². The van der Waals surface area contributed by atoms with Gasteiger partial charge in [0.1, 0.15) is 17.8 Å². The standard InChI is InChI=1S/C19H27N5O4S/c1-3-20-19(21-14-16-6-4-5-7-18(16)27-2)23-9-11-24(12-10-23)29(25,26)15-17-8-13-28-22-17/h4-8,13H,3,9-12,14-15H2,1-2H3,(H,20,21). The van der Waals surface area contributed by atoms with E-state index >= 15 is 0 Å². The number of para-hydroxylation sites is 1. The number of ether oxygens (including phenoxy) is 1. The van der Waals surface area contributed by atoms with E-state index in [4.69, 9.17) is 14.3 Å². The van der Waals surface area contributed by atoms with Gasteiger partial charge in [0.05, 0.1) is 19.3 Å². The number of aromatic nitrogens is 1. The van der Waals surface area contributed by atoms with Gasteiger partial charge in [-0.15, -0.1) is 0 Å². The van der Waals surface area contributed by atoms with Crippen molar-refractivity contribution in [3.05, 3.63) is 47.9 Å². The topological polar surface area (TPSA) is 100 Å². The molecule has 1 aliphatic rings. The van der Waals surface area contributed by atoms with E-state index in [1.165, 1.54) is 10.6 Å². The predicted octanol–water partition coefficient (Wildman–Crippen LogP) is 1.30. The highest BCUT2D eigenvalue weighted by Gasteiger charge is 2.29. The van der Waals surface area contributed by atoms with Crippen LogP contribution in [0.3, 0.4) is 0 Å². The van der Waals surface area contributed by atoms with Crippen molar-refractivity contribution in [1.82, 2.24) is 19.7 Å². The van der Waals surface area contributed by atoms with Crippen LogP contribution in [0.15, 0.2) is 46.1 Å². The van der Waals surface area contributed by atoms with Gasteiger partial charge < -0.3 is 19.5 Å². The molecule has 29 heavy (non-hydrogen) atoms. The van der Waals surface area contributed by atoms with Gasteiger partial charge in [0.2, 0.25) is 10.0 Å². The van der Waals surface area contributed by atoms with E-state index in [1.807, 2.05) is 31.2 Å². The first-order chi connectivity index (χ1) is 14.0. The quantitative estimate of drug-likeness (QED) is 0.531. The molecule has 0 amide bonds. The minimum Gasteiger partial charge on any atom is -0.496 e. The Morgan fingerprint density at radius 3 is 2.66 bits per heavy atom. The van der Waals surface area contributed by atoms with E-state index in [9.17, 15) is 8.42 Å². The first kappa shape index (κ1) is 21.1. The van der Waals surface area contributed by atoms with Gasteiger partial charge in [-0.25, -0.2) is 13.4 Å². The van der Waals surface area contributed by atoms with Crippen molar-refractivity contribution in [1.29, 1.82) is 0 Å². The van der Waals surface area contributed by atoms with E-state index < -0.39 is 10.0 Å². The third-order valence-corrected chi connectivity index (χ3v) is 6.49. The summed E-state index contributed by atoms with van der Waals surface area (Å²) in [7, 11) is -1.78. The molecular weight excluding hydrogens is 394 g/mol. The first-order valence-corrected chi connectivity index (χ1v) is 11.2. The van der Waals surface area contributed by atoms with Crippen molar-refractivity contribution >= 4 is 16.0 Å². The van der Waals surface area contributed by atoms with Gasteiger partial charge in [-0.3, -0.25) is 0 Å². The predicted molar refractivity (Wildman–Crippen MR) is 110 cm³/mol. The zero-order valence-corrected chi connectivity index (χ0v) is 17.6. The molecule has 2 aromatic rings. The molecule has 2 heterocycles. The Morgan fingerprint density at radius 2 is 2.00 bits per heavy atom. The molecule has 10 heteroatoms. The highest BCUT2D eigenvalue weighted by Crippen LogP contribution is 2.18. The van der Waals surface area contributed by atoms with Gasteiger partial charge in [-0.05, 0) is 13.0 Å². The Morgan fingerprint density at radius 1 is 1.24 bits per heavy atom. The van der Waals surface area contributed by atoms with Gasteiger partial charge in [0.15, 0.2) is 5.96 Å². The smallest absolute Gasteiger partial charge is 0.220 e. The monoisotopic (exact) mass is 421 g/mol. The molecule has 158 valence electrons. The first-order valence-electron chi connectivity index (χ1n) is 9.55. The highest BCUT2D eigenvalue weighted by molar-refractivity contribution is 7.88. The normalized spacial score (nSPS) is 16.1. The zero-order chi connectivity index (χ0) is 20.7. The minimum atomic E-state index is -3.42. The summed E-state index contributed by atoms with van der Waals surface area (Å²) in [6, 6.07) is 9.35. The number of benzene rings is 1. The number of hydrogen-bond donors (Lipinski definition) is 1. The summed E-state index contributed by atoms with van der Waals surface area (Å²) in [5.74, 6) is 1.42. The highest BCUT2D eigenvalue weighted by atomic mass is 32.2.